The predicted octanol–water partition coefficient (Wildman–Crippen LogP) is 5.48. The highest BCUT2D eigenvalue weighted by Gasteiger charge is 2.12. The summed E-state index contributed by atoms with van der Waals surface area (Å²) in [5, 5.41) is 0.434. The number of hydrogen-bond donors (Lipinski definition) is 0. The van der Waals surface area contributed by atoms with E-state index in [0.717, 1.165) is 25.7 Å². The standard InChI is InChI=1S/C18H22F2O2/c1-3-5-7-21-14-9-13-10-15(22-8-6-4-2)12-17(20)18(13)16(19)11-14/h9-12H,3-8H2,1-2H3. The number of benzene rings is 2. The molecule has 2 rings (SSSR count). The van der Waals surface area contributed by atoms with E-state index in [1.54, 1.807) is 12.1 Å². The quantitative estimate of drug-likeness (QED) is 0.601. The fourth-order valence-electron chi connectivity index (χ4n) is 2.20. The lowest BCUT2D eigenvalue weighted by Gasteiger charge is -2.11. The summed E-state index contributed by atoms with van der Waals surface area (Å²) >= 11 is 0. The molecule has 0 aliphatic heterocycles. The molecule has 0 atom stereocenters. The molecule has 0 aliphatic rings. The highest BCUT2D eigenvalue weighted by molar-refractivity contribution is 5.86. The van der Waals surface area contributed by atoms with Crippen LogP contribution in [0.2, 0.25) is 0 Å². The molecule has 0 aliphatic carbocycles. The van der Waals surface area contributed by atoms with Gasteiger partial charge in [-0.2, -0.15) is 0 Å². The van der Waals surface area contributed by atoms with Crippen LogP contribution in [-0.2, 0) is 0 Å². The molecule has 0 N–H and O–H groups in total. The molecule has 120 valence electrons. The zero-order valence-corrected chi connectivity index (χ0v) is 13.1. The van der Waals surface area contributed by atoms with E-state index in [1.807, 2.05) is 0 Å². The summed E-state index contributed by atoms with van der Waals surface area (Å²) in [4.78, 5) is 0. The average molecular weight is 308 g/mol. The molecule has 22 heavy (non-hydrogen) atoms. The molecule has 2 aromatic rings. The molecule has 0 saturated carbocycles. The van der Waals surface area contributed by atoms with Gasteiger partial charge in [0.15, 0.2) is 0 Å². The van der Waals surface area contributed by atoms with E-state index >= 15 is 0 Å². The molecular weight excluding hydrogens is 286 g/mol. The monoisotopic (exact) mass is 308 g/mol. The number of halogens is 2. The molecule has 0 aromatic heterocycles. The second-order valence-corrected chi connectivity index (χ2v) is 5.31. The van der Waals surface area contributed by atoms with Crippen molar-refractivity contribution >= 4 is 10.8 Å². The van der Waals surface area contributed by atoms with Crippen molar-refractivity contribution in [1.29, 1.82) is 0 Å². The summed E-state index contributed by atoms with van der Waals surface area (Å²) in [6.07, 6.45) is 3.79. The molecular formula is C18H22F2O2. The van der Waals surface area contributed by atoms with E-state index in [-0.39, 0.29) is 5.39 Å². The van der Waals surface area contributed by atoms with Gasteiger partial charge in [0, 0.05) is 12.1 Å². The molecule has 0 bridgehead atoms. The van der Waals surface area contributed by atoms with Crippen LogP contribution in [0.5, 0.6) is 11.5 Å². The number of ether oxygens (including phenoxy) is 2. The SMILES string of the molecule is CCCCOc1cc(F)c2c(F)cc(OCCCC)cc2c1. The summed E-state index contributed by atoms with van der Waals surface area (Å²) in [6.45, 7) is 5.16. The Bertz CT molecular complexity index is 575. The Morgan fingerprint density at radius 1 is 0.773 bits per heavy atom. The van der Waals surface area contributed by atoms with E-state index in [4.69, 9.17) is 9.47 Å². The summed E-state index contributed by atoms with van der Waals surface area (Å²) in [5.74, 6) is -0.379. The number of rotatable bonds is 8. The predicted molar refractivity (Wildman–Crippen MR) is 84.7 cm³/mol. The van der Waals surface area contributed by atoms with Crippen molar-refractivity contribution in [2.45, 2.75) is 39.5 Å². The first kappa shape index (κ1) is 16.5. The topological polar surface area (TPSA) is 18.5 Å². The first-order valence-electron chi connectivity index (χ1n) is 7.84. The number of unbranched alkanes of at least 4 members (excludes halogenated alkanes) is 2. The molecule has 0 fully saturated rings. The van der Waals surface area contributed by atoms with Crippen LogP contribution >= 0.6 is 0 Å². The van der Waals surface area contributed by atoms with Crippen molar-refractivity contribution in [2.75, 3.05) is 13.2 Å². The summed E-state index contributed by atoms with van der Waals surface area (Å²) in [7, 11) is 0. The lowest BCUT2D eigenvalue weighted by molar-refractivity contribution is 0.307. The zero-order valence-electron chi connectivity index (χ0n) is 13.1. The second-order valence-electron chi connectivity index (χ2n) is 5.31. The largest absolute Gasteiger partial charge is 0.493 e. The van der Waals surface area contributed by atoms with Crippen molar-refractivity contribution in [2.24, 2.45) is 0 Å². The van der Waals surface area contributed by atoms with Gasteiger partial charge in [-0.3, -0.25) is 0 Å². The fraction of sp³-hybridized carbons (Fsp3) is 0.444. The van der Waals surface area contributed by atoms with Crippen LogP contribution in [0.25, 0.3) is 10.8 Å². The molecule has 0 unspecified atom stereocenters. The van der Waals surface area contributed by atoms with Crippen LogP contribution in [0.15, 0.2) is 24.3 Å². The van der Waals surface area contributed by atoms with E-state index in [2.05, 4.69) is 13.8 Å². The van der Waals surface area contributed by atoms with Gasteiger partial charge >= 0.3 is 0 Å². The van der Waals surface area contributed by atoms with Crippen LogP contribution in [0.4, 0.5) is 8.78 Å². The van der Waals surface area contributed by atoms with Gasteiger partial charge in [-0.15, -0.1) is 0 Å². The van der Waals surface area contributed by atoms with Crippen LogP contribution in [0.1, 0.15) is 39.5 Å². The van der Waals surface area contributed by atoms with Gasteiger partial charge in [-0.1, -0.05) is 26.7 Å². The van der Waals surface area contributed by atoms with E-state index < -0.39 is 11.6 Å². The lowest BCUT2D eigenvalue weighted by Crippen LogP contribution is -1.99. The highest BCUT2D eigenvalue weighted by atomic mass is 19.1. The van der Waals surface area contributed by atoms with Gasteiger partial charge in [-0.25, -0.2) is 8.78 Å². The van der Waals surface area contributed by atoms with Crippen molar-refractivity contribution < 1.29 is 18.3 Å². The Kier molecular flexibility index (Phi) is 5.99. The van der Waals surface area contributed by atoms with Crippen LogP contribution in [-0.4, -0.2) is 13.2 Å². The highest BCUT2D eigenvalue weighted by Crippen LogP contribution is 2.30. The Balaban J connectivity index is 2.28. The Morgan fingerprint density at radius 3 is 1.64 bits per heavy atom. The molecule has 2 nitrogen and oxygen atoms in total. The van der Waals surface area contributed by atoms with E-state index in [9.17, 15) is 8.78 Å². The molecule has 0 saturated heterocycles. The third kappa shape index (κ3) is 4.09. The Morgan fingerprint density at radius 2 is 1.23 bits per heavy atom. The zero-order chi connectivity index (χ0) is 15.9. The minimum atomic E-state index is -0.610. The van der Waals surface area contributed by atoms with Crippen LogP contribution in [0, 0.1) is 11.6 Å². The summed E-state index contributed by atoms with van der Waals surface area (Å²) < 4.78 is 39.2. The molecule has 0 spiro atoms. The number of hydrogen-bond acceptors (Lipinski definition) is 2. The first-order valence-corrected chi connectivity index (χ1v) is 7.84. The lowest BCUT2D eigenvalue weighted by atomic mass is 10.1. The van der Waals surface area contributed by atoms with Crippen LogP contribution in [0.3, 0.4) is 0 Å². The molecule has 2 aromatic carbocycles. The van der Waals surface area contributed by atoms with E-state index in [0.29, 0.717) is 30.1 Å². The fourth-order valence-corrected chi connectivity index (χ4v) is 2.20. The van der Waals surface area contributed by atoms with Gasteiger partial charge in [0.2, 0.25) is 0 Å². The Labute approximate surface area is 130 Å². The maximum atomic E-state index is 14.1. The average Bonchev–Trinajstić information content (AvgIpc) is 2.47. The van der Waals surface area contributed by atoms with Gasteiger partial charge in [-0.05, 0) is 30.4 Å². The van der Waals surface area contributed by atoms with Crippen molar-refractivity contribution in [1.82, 2.24) is 0 Å². The van der Waals surface area contributed by atoms with Crippen molar-refractivity contribution in [3.8, 4) is 11.5 Å². The second kappa shape index (κ2) is 7.97. The van der Waals surface area contributed by atoms with E-state index in [1.165, 1.54) is 12.1 Å². The third-order valence-corrected chi connectivity index (χ3v) is 3.43. The van der Waals surface area contributed by atoms with Gasteiger partial charge in [0.1, 0.15) is 23.1 Å². The first-order chi connectivity index (χ1) is 10.7. The smallest absolute Gasteiger partial charge is 0.137 e. The van der Waals surface area contributed by atoms with Gasteiger partial charge in [0.05, 0.1) is 18.6 Å². The van der Waals surface area contributed by atoms with Crippen molar-refractivity contribution in [3.05, 3.63) is 35.9 Å². The molecule has 4 heteroatoms. The normalized spacial score (nSPS) is 10.9. The molecule has 0 heterocycles. The van der Waals surface area contributed by atoms with Crippen LogP contribution < -0.4 is 9.47 Å². The minimum absolute atomic E-state index is 0.0225. The third-order valence-electron chi connectivity index (χ3n) is 3.43. The molecule has 0 amide bonds. The Hall–Kier alpha value is -1.84. The summed E-state index contributed by atoms with van der Waals surface area (Å²) in [6, 6.07) is 5.78. The maximum Gasteiger partial charge on any atom is 0.137 e. The number of fused-ring (bicyclic) bond motifs is 1. The van der Waals surface area contributed by atoms with Crippen molar-refractivity contribution in [3.63, 3.8) is 0 Å². The maximum absolute atomic E-state index is 14.1. The summed E-state index contributed by atoms with van der Waals surface area (Å²) in [5.41, 5.74) is 0. The minimum Gasteiger partial charge on any atom is -0.493 e. The molecule has 0 radical (unpaired) electrons. The van der Waals surface area contributed by atoms with Gasteiger partial charge < -0.3 is 9.47 Å². The van der Waals surface area contributed by atoms with Gasteiger partial charge in [0.25, 0.3) is 0 Å².